The first-order chi connectivity index (χ1) is 59.8. The Morgan fingerprint density at radius 1 is 0.248 bits per heavy atom. The van der Waals surface area contributed by atoms with Gasteiger partial charge in [-0.1, -0.05) is 255 Å². The lowest BCUT2D eigenvalue weighted by molar-refractivity contribution is -0.181. The molecule has 6 fully saturated rings. The molecular weight excluding hydrogens is 1540 g/mol. The number of fused-ring (bicyclic) bond motifs is 7. The third-order valence-electron chi connectivity index (χ3n) is 30.4. The van der Waals surface area contributed by atoms with Crippen LogP contribution in [0.3, 0.4) is 0 Å². The Morgan fingerprint density at radius 2 is 0.520 bits per heavy atom. The maximum Gasteiger partial charge on any atom is 0.312 e. The minimum Gasteiger partial charge on any atom is -0.454 e. The van der Waals surface area contributed by atoms with Crippen LogP contribution in [0.4, 0.5) is 0 Å². The van der Waals surface area contributed by atoms with Gasteiger partial charge in [0.2, 0.25) is 0 Å². The molecule has 662 valence electrons. The van der Waals surface area contributed by atoms with E-state index in [9.17, 15) is 24.0 Å². The van der Waals surface area contributed by atoms with Crippen LogP contribution in [0, 0.1) is 38.9 Å². The molecule has 0 N–H and O–H groups in total. The highest BCUT2D eigenvalue weighted by atomic mass is 16.6. The Balaban J connectivity index is 0.000000134. The molecule has 0 bridgehead atoms. The number of ether oxygens (including phenoxy) is 5. The van der Waals surface area contributed by atoms with Gasteiger partial charge < -0.3 is 23.7 Å². The number of hydrogen-bond donors (Lipinski definition) is 0. The summed E-state index contributed by atoms with van der Waals surface area (Å²) in [6.07, 6.45) is 29.9. The van der Waals surface area contributed by atoms with Crippen LogP contribution in [0.5, 0.6) is 0 Å². The van der Waals surface area contributed by atoms with Crippen LogP contribution in [-0.4, -0.2) is 29.8 Å². The Labute approximate surface area is 746 Å². The van der Waals surface area contributed by atoms with Gasteiger partial charge in [-0.3, -0.25) is 24.0 Å². The fourth-order valence-corrected chi connectivity index (χ4v) is 19.7. The minimum absolute atomic E-state index is 0.0388. The third-order valence-corrected chi connectivity index (χ3v) is 30.4. The highest BCUT2D eigenvalue weighted by Gasteiger charge is 2.50. The van der Waals surface area contributed by atoms with Gasteiger partial charge in [-0.05, 0) is 358 Å². The quantitative estimate of drug-likeness (QED) is 0.0413. The van der Waals surface area contributed by atoms with Gasteiger partial charge in [0.15, 0.2) is 0 Å². The van der Waals surface area contributed by atoms with E-state index < -0.39 is 55.1 Å². The van der Waals surface area contributed by atoms with Crippen LogP contribution in [0.25, 0.3) is 64.6 Å². The topological polar surface area (TPSA) is 132 Å². The van der Waals surface area contributed by atoms with E-state index in [0.717, 1.165) is 170 Å². The average Bonchev–Trinajstić information content (AvgIpc) is 1.72. The predicted octanol–water partition coefficient (Wildman–Crippen LogP) is 30.9. The van der Waals surface area contributed by atoms with Crippen molar-refractivity contribution in [2.75, 3.05) is 0 Å². The fraction of sp³-hybridized carbons (Fsp3) is 0.487. The molecule has 0 amide bonds. The van der Waals surface area contributed by atoms with Crippen molar-refractivity contribution >= 4 is 94.5 Å². The van der Waals surface area contributed by atoms with Crippen LogP contribution in [0.2, 0.25) is 0 Å². The van der Waals surface area contributed by atoms with E-state index in [4.69, 9.17) is 23.7 Å². The highest BCUT2D eigenvalue weighted by molar-refractivity contribution is 6.04. The van der Waals surface area contributed by atoms with Gasteiger partial charge in [0.1, 0.15) is 28.0 Å². The summed E-state index contributed by atoms with van der Waals surface area (Å²) in [4.78, 5) is 64.3. The van der Waals surface area contributed by atoms with Crippen molar-refractivity contribution in [3.8, 4) is 0 Å². The maximum atomic E-state index is 13.1. The number of benzene rings is 11. The van der Waals surface area contributed by atoms with Crippen LogP contribution in [-0.2, 0) is 75.7 Å². The summed E-state index contributed by atoms with van der Waals surface area (Å²) in [7, 11) is 0. The lowest BCUT2D eigenvalue weighted by atomic mass is 9.64. The lowest BCUT2D eigenvalue weighted by Gasteiger charge is -2.47. The Kier molecular flexibility index (Phi) is 29.2. The highest BCUT2D eigenvalue weighted by Crippen LogP contribution is 2.54. The first-order valence-electron chi connectivity index (χ1n) is 47.9. The van der Waals surface area contributed by atoms with Crippen molar-refractivity contribution in [2.45, 2.75) is 318 Å². The molecule has 6 saturated carbocycles. The third kappa shape index (κ3) is 20.8. The molecule has 0 heterocycles. The molecule has 3 unspecified atom stereocenters. The molecule has 17 rings (SSSR count). The second-order valence-corrected chi connectivity index (χ2v) is 40.8. The smallest absolute Gasteiger partial charge is 0.312 e. The molecule has 10 nitrogen and oxygen atoms in total. The Bertz CT molecular complexity index is 5500. The normalized spacial score (nSPS) is 19.6. The van der Waals surface area contributed by atoms with Crippen LogP contribution >= 0.6 is 0 Å². The number of hydrogen-bond acceptors (Lipinski definition) is 10. The standard InChI is InChI=1S/2C25H28O2.C22H28O2.C22H32O2.C21H26O2/c1-4-24(2,3)23(26)27-25(15-9-10-16-25)22-20-13-7-5-11-18(20)17-19-12-6-8-14-21(19)22;1-4-24(2,3)23(26)27-25(13-7-8-14-25)22-12-11-20-15-18-9-5-6-10-19(18)16-21(20)17-22;1-4-21(2,3)20(23)24-22(14-8-5-9-15-22)19-13-12-17-10-6-7-11-18(17)16-19;1-4-21(2,3)20(23)24-22(19-12-6-5-7-13-19)15-14-17-10-8-9-11-18(17)16-22;1-4-20(2,3)19(22)23-21(13-7-8-14-21)18-12-11-16-9-5-6-10-17(16)15-18/h5-8,11-14,17H,4,9-10,15-16H2,1-3H3;5-6,9-12,15-17H,4,7-8,13-14H2,1-3H3;6-7,10-13,16H,4-5,8-9,14-15H2,1-3H3;5-7,12-13,17-18H,4,8-11,14-16H2,1-3H3;5-6,9-12,15H,4,7-8,13-14H2,1-3H3. The molecular formula is C115H142O10. The van der Waals surface area contributed by atoms with E-state index in [1.807, 2.05) is 96.1 Å². The summed E-state index contributed by atoms with van der Waals surface area (Å²) < 4.78 is 31.4. The number of esters is 5. The van der Waals surface area contributed by atoms with Crippen LogP contribution in [0.15, 0.2) is 224 Å². The van der Waals surface area contributed by atoms with Gasteiger partial charge >= 0.3 is 29.8 Å². The predicted molar refractivity (Wildman–Crippen MR) is 514 cm³/mol. The van der Waals surface area contributed by atoms with Gasteiger partial charge in [-0.25, -0.2) is 0 Å². The van der Waals surface area contributed by atoms with Crippen LogP contribution in [0.1, 0.15) is 318 Å². The van der Waals surface area contributed by atoms with E-state index >= 15 is 0 Å². The number of carbonyl (C=O) groups excluding carboxylic acids is 5. The summed E-state index contributed by atoms with van der Waals surface area (Å²) >= 11 is 0. The van der Waals surface area contributed by atoms with Crippen molar-refractivity contribution in [1.82, 2.24) is 0 Å². The summed E-state index contributed by atoms with van der Waals surface area (Å²) in [5.41, 5.74) is 1.37. The van der Waals surface area contributed by atoms with Crippen molar-refractivity contribution < 1.29 is 47.7 Å². The molecule has 10 heteroatoms. The zero-order valence-corrected chi connectivity index (χ0v) is 78.1. The molecule has 11 aromatic rings. The van der Waals surface area contributed by atoms with Gasteiger partial charge in [0.05, 0.1) is 27.1 Å². The largest absolute Gasteiger partial charge is 0.454 e. The minimum atomic E-state index is -0.524. The number of rotatable bonds is 20. The van der Waals surface area contributed by atoms with E-state index in [2.05, 4.69) is 232 Å². The first kappa shape index (κ1) is 93.0. The lowest BCUT2D eigenvalue weighted by Crippen LogP contribution is -2.44. The monoisotopic (exact) mass is 1680 g/mol. The van der Waals surface area contributed by atoms with Crippen molar-refractivity contribution in [2.24, 2.45) is 38.9 Å². The molecule has 125 heavy (non-hydrogen) atoms. The second-order valence-electron chi connectivity index (χ2n) is 40.8. The number of carbonyl (C=O) groups is 5. The van der Waals surface area contributed by atoms with Crippen LogP contribution < -0.4 is 0 Å². The molecule has 6 aliphatic rings. The van der Waals surface area contributed by atoms with Gasteiger partial charge in [-0.2, -0.15) is 0 Å². The van der Waals surface area contributed by atoms with Gasteiger partial charge in [0, 0.05) is 5.56 Å². The van der Waals surface area contributed by atoms with E-state index in [-0.39, 0.29) is 29.8 Å². The van der Waals surface area contributed by atoms with Crippen molar-refractivity contribution in [3.05, 3.63) is 252 Å². The van der Waals surface area contributed by atoms with Crippen molar-refractivity contribution in [1.29, 1.82) is 0 Å². The average molecular weight is 1680 g/mol. The molecule has 0 aromatic heterocycles. The first-order valence-corrected chi connectivity index (χ1v) is 47.9. The second kappa shape index (κ2) is 39.3. The molecule has 0 saturated heterocycles. The molecule has 3 atom stereocenters. The fourth-order valence-electron chi connectivity index (χ4n) is 19.7. The molecule has 0 spiro atoms. The summed E-state index contributed by atoms with van der Waals surface area (Å²) in [6.45, 7) is 30.1. The van der Waals surface area contributed by atoms with E-state index in [0.29, 0.717) is 5.92 Å². The zero-order valence-electron chi connectivity index (χ0n) is 78.1. The summed E-state index contributed by atoms with van der Waals surface area (Å²) in [6, 6.07) is 79.0. The van der Waals surface area contributed by atoms with Gasteiger partial charge in [-0.15, -0.1) is 0 Å². The molecule has 0 aliphatic heterocycles. The Morgan fingerprint density at radius 3 is 0.904 bits per heavy atom. The SMILES string of the molecule is CCC(C)(C)C(=O)OC1(c2c3ccccc3cc3ccccc23)CCCC1.CCC(C)(C)C(=O)OC1(c2ccc3cc4ccccc4cc3c2)CCCC1.CCC(C)(C)C(=O)OC1(c2ccc3ccccc3c2)CCCC1.CCC(C)(C)C(=O)OC1(c2ccc3ccccc3c2)CCCCC1.CCC(C)(C)C(=O)OC1(c2ccccc2)CCC2CCCCC2C1. The summed E-state index contributed by atoms with van der Waals surface area (Å²) in [5, 5.41) is 14.7. The molecule has 6 aliphatic carbocycles. The van der Waals surface area contributed by atoms with E-state index in [1.165, 1.54) is 114 Å². The van der Waals surface area contributed by atoms with E-state index in [1.54, 1.807) is 0 Å². The summed E-state index contributed by atoms with van der Waals surface area (Å²) in [5.74, 6) is 1.21. The van der Waals surface area contributed by atoms with Crippen molar-refractivity contribution in [3.63, 3.8) is 0 Å². The maximum absolute atomic E-state index is 13.1. The zero-order chi connectivity index (χ0) is 89.1. The van der Waals surface area contributed by atoms with Gasteiger partial charge in [0.25, 0.3) is 0 Å². The Hall–Kier alpha value is -9.67. The molecule has 11 aromatic carbocycles. The molecule has 0 radical (unpaired) electrons.